The summed E-state index contributed by atoms with van der Waals surface area (Å²) in [4.78, 5) is 3.54. The van der Waals surface area contributed by atoms with Crippen molar-refractivity contribution in [2.24, 2.45) is 16.5 Å². The molecule has 0 spiro atoms. The predicted octanol–water partition coefficient (Wildman–Crippen LogP) is 0.633. The maximum atomic E-state index is 7.31. The number of guanidine groups is 1. The number of amidine groups is 1. The van der Waals surface area contributed by atoms with Crippen LogP contribution in [0.3, 0.4) is 0 Å². The lowest BCUT2D eigenvalue weighted by atomic mass is 10.9. The maximum Gasteiger partial charge on any atom is 0.207 e. The standard InChI is InChI=1S/C5H7ClN6S2/c6-3-12-11-2(14-3)1-13-5(9)10-4(7)8/h1H2,(H5,7,8,9,10). The molecule has 0 aliphatic rings. The van der Waals surface area contributed by atoms with Crippen molar-refractivity contribution in [3.8, 4) is 0 Å². The van der Waals surface area contributed by atoms with Crippen LogP contribution in [0.2, 0.25) is 4.47 Å². The molecule has 0 aromatic carbocycles. The Kier molecular flexibility index (Phi) is 4.11. The smallest absolute Gasteiger partial charge is 0.207 e. The van der Waals surface area contributed by atoms with Crippen molar-refractivity contribution in [1.29, 1.82) is 5.41 Å². The highest BCUT2D eigenvalue weighted by Gasteiger charge is 2.03. The third kappa shape index (κ3) is 3.90. The first kappa shape index (κ1) is 11.2. The lowest BCUT2D eigenvalue weighted by Crippen LogP contribution is -2.23. The van der Waals surface area contributed by atoms with Gasteiger partial charge in [0.1, 0.15) is 5.01 Å². The van der Waals surface area contributed by atoms with Gasteiger partial charge in [0.05, 0.1) is 5.75 Å². The van der Waals surface area contributed by atoms with Gasteiger partial charge in [-0.1, -0.05) is 23.1 Å². The Labute approximate surface area is 93.3 Å². The lowest BCUT2D eigenvalue weighted by molar-refractivity contribution is 1.04. The third-order valence-electron chi connectivity index (χ3n) is 1.01. The zero-order chi connectivity index (χ0) is 10.6. The number of hydrogen-bond donors (Lipinski definition) is 3. The molecule has 0 unspecified atom stereocenters. The molecule has 6 nitrogen and oxygen atoms in total. The van der Waals surface area contributed by atoms with E-state index < -0.39 is 0 Å². The highest BCUT2D eigenvalue weighted by molar-refractivity contribution is 8.13. The van der Waals surface area contributed by atoms with Crippen molar-refractivity contribution in [1.82, 2.24) is 10.2 Å². The van der Waals surface area contributed by atoms with Crippen molar-refractivity contribution < 1.29 is 0 Å². The van der Waals surface area contributed by atoms with Gasteiger partial charge in [0.25, 0.3) is 0 Å². The molecule has 1 aromatic rings. The Morgan fingerprint density at radius 2 is 2.29 bits per heavy atom. The zero-order valence-electron chi connectivity index (χ0n) is 6.90. The molecule has 5 N–H and O–H groups in total. The first-order chi connectivity index (χ1) is 6.58. The number of nitrogens with one attached hydrogen (secondary N) is 1. The summed E-state index contributed by atoms with van der Waals surface area (Å²) in [5.41, 5.74) is 10.2. The number of aliphatic imine (C=N–C) groups is 1. The number of nitrogens with two attached hydrogens (primary N) is 2. The second-order valence-corrected chi connectivity index (χ2v) is 4.69. The molecule has 76 valence electrons. The van der Waals surface area contributed by atoms with Crippen LogP contribution in [0, 0.1) is 5.41 Å². The van der Waals surface area contributed by atoms with Gasteiger partial charge in [-0.3, -0.25) is 5.41 Å². The summed E-state index contributed by atoms with van der Waals surface area (Å²) in [6, 6.07) is 0. The molecule has 0 saturated carbocycles. The first-order valence-corrected chi connectivity index (χ1v) is 5.55. The van der Waals surface area contributed by atoms with E-state index in [1.165, 1.54) is 11.3 Å². The van der Waals surface area contributed by atoms with Crippen LogP contribution in [-0.4, -0.2) is 21.3 Å². The Morgan fingerprint density at radius 3 is 2.79 bits per heavy atom. The summed E-state index contributed by atoms with van der Waals surface area (Å²) >= 11 is 7.99. The normalized spacial score (nSPS) is 9.79. The average molecular weight is 251 g/mol. The molecule has 9 heteroatoms. The number of hydrogen-bond acceptors (Lipinski definition) is 5. The summed E-state index contributed by atoms with van der Waals surface area (Å²) in [7, 11) is 0. The van der Waals surface area contributed by atoms with Gasteiger partial charge < -0.3 is 11.5 Å². The summed E-state index contributed by atoms with van der Waals surface area (Å²) in [5.74, 6) is 0.359. The van der Waals surface area contributed by atoms with Gasteiger partial charge >= 0.3 is 0 Å². The van der Waals surface area contributed by atoms with E-state index in [2.05, 4.69) is 15.2 Å². The van der Waals surface area contributed by atoms with E-state index >= 15 is 0 Å². The molecule has 0 amide bonds. The molecule has 1 aromatic heterocycles. The highest BCUT2D eigenvalue weighted by atomic mass is 35.5. The monoisotopic (exact) mass is 250 g/mol. The minimum absolute atomic E-state index is 0.0383. The highest BCUT2D eigenvalue weighted by Crippen LogP contribution is 2.20. The van der Waals surface area contributed by atoms with Crippen LogP contribution in [0.1, 0.15) is 5.01 Å². The van der Waals surface area contributed by atoms with E-state index in [0.29, 0.717) is 10.2 Å². The van der Waals surface area contributed by atoms with Crippen LogP contribution in [0.5, 0.6) is 0 Å². The molecule has 0 aliphatic carbocycles. The van der Waals surface area contributed by atoms with E-state index in [0.717, 1.165) is 16.8 Å². The lowest BCUT2D eigenvalue weighted by Gasteiger charge is -1.94. The average Bonchev–Trinajstić information content (AvgIpc) is 2.47. The molecule has 0 atom stereocenters. The van der Waals surface area contributed by atoms with Crippen molar-refractivity contribution in [3.63, 3.8) is 0 Å². The SMILES string of the molecule is N=C(N=C(N)N)SCc1nnc(Cl)s1. The minimum Gasteiger partial charge on any atom is -0.370 e. The van der Waals surface area contributed by atoms with Crippen molar-refractivity contribution in [2.45, 2.75) is 5.75 Å². The van der Waals surface area contributed by atoms with Crippen LogP contribution < -0.4 is 11.5 Å². The fourth-order valence-electron chi connectivity index (χ4n) is 0.571. The summed E-state index contributed by atoms with van der Waals surface area (Å²) in [5, 5.41) is 15.5. The van der Waals surface area contributed by atoms with E-state index in [1.54, 1.807) is 0 Å². The van der Waals surface area contributed by atoms with Gasteiger partial charge in [-0.25, -0.2) is 0 Å². The van der Waals surface area contributed by atoms with Crippen LogP contribution in [0.15, 0.2) is 4.99 Å². The second kappa shape index (κ2) is 5.13. The minimum atomic E-state index is -0.127. The van der Waals surface area contributed by atoms with Gasteiger partial charge in [0.15, 0.2) is 11.1 Å². The number of rotatable bonds is 2. The molecule has 0 saturated heterocycles. The first-order valence-electron chi connectivity index (χ1n) is 3.37. The summed E-state index contributed by atoms with van der Waals surface area (Å²) < 4.78 is 0.383. The Bertz CT molecular complexity index is 357. The van der Waals surface area contributed by atoms with Crippen molar-refractivity contribution in [2.75, 3.05) is 0 Å². The second-order valence-electron chi connectivity index (χ2n) is 2.08. The summed E-state index contributed by atoms with van der Waals surface area (Å²) in [6.45, 7) is 0. The zero-order valence-corrected chi connectivity index (χ0v) is 9.29. The number of thioether (sulfide) groups is 1. The fourth-order valence-corrected chi connectivity index (χ4v) is 2.13. The molecule has 0 bridgehead atoms. The topological polar surface area (TPSA) is 114 Å². The fraction of sp³-hybridized carbons (Fsp3) is 0.200. The maximum absolute atomic E-state index is 7.31. The van der Waals surface area contributed by atoms with Crippen LogP contribution in [0.4, 0.5) is 0 Å². The van der Waals surface area contributed by atoms with Gasteiger partial charge in [-0.15, -0.1) is 10.2 Å². The van der Waals surface area contributed by atoms with Crippen LogP contribution in [0.25, 0.3) is 0 Å². The van der Waals surface area contributed by atoms with Crippen molar-refractivity contribution >= 4 is 45.8 Å². The third-order valence-corrected chi connectivity index (χ3v) is 2.99. The van der Waals surface area contributed by atoms with E-state index in [-0.39, 0.29) is 11.1 Å². The van der Waals surface area contributed by atoms with E-state index in [9.17, 15) is 0 Å². The molecular formula is C5H7ClN6S2. The Balaban J connectivity index is 2.41. The van der Waals surface area contributed by atoms with Crippen molar-refractivity contribution in [3.05, 3.63) is 9.47 Å². The van der Waals surface area contributed by atoms with Gasteiger partial charge in [0.2, 0.25) is 4.47 Å². The van der Waals surface area contributed by atoms with E-state index in [1.807, 2.05) is 0 Å². The number of halogens is 1. The van der Waals surface area contributed by atoms with E-state index in [4.69, 9.17) is 28.5 Å². The molecule has 0 aliphatic heterocycles. The van der Waals surface area contributed by atoms with Gasteiger partial charge in [-0.05, 0) is 11.6 Å². The summed E-state index contributed by atoms with van der Waals surface area (Å²) in [6.07, 6.45) is 0. The molecule has 1 heterocycles. The Hall–Kier alpha value is -0.860. The number of nitrogens with zero attached hydrogens (tertiary/aromatic N) is 3. The molecule has 14 heavy (non-hydrogen) atoms. The molecule has 0 radical (unpaired) electrons. The predicted molar refractivity (Wildman–Crippen MR) is 59.8 cm³/mol. The van der Waals surface area contributed by atoms with Gasteiger partial charge in [0, 0.05) is 0 Å². The van der Waals surface area contributed by atoms with Gasteiger partial charge in [-0.2, -0.15) is 4.99 Å². The van der Waals surface area contributed by atoms with Crippen LogP contribution in [-0.2, 0) is 5.75 Å². The molecular weight excluding hydrogens is 244 g/mol. The van der Waals surface area contributed by atoms with Crippen LogP contribution >= 0.6 is 34.7 Å². The largest absolute Gasteiger partial charge is 0.370 e. The number of aromatic nitrogens is 2. The quantitative estimate of drug-likeness (QED) is 0.526. The Morgan fingerprint density at radius 1 is 1.57 bits per heavy atom. The molecule has 0 fully saturated rings. The molecule has 1 rings (SSSR count).